The zero-order chi connectivity index (χ0) is 28.6. The van der Waals surface area contributed by atoms with Crippen LogP contribution in [0.2, 0.25) is 0 Å². The van der Waals surface area contributed by atoms with Crippen LogP contribution in [0.25, 0.3) is 28.2 Å². The van der Waals surface area contributed by atoms with Crippen LogP contribution in [0, 0.1) is 5.82 Å². The normalized spacial score (nSPS) is 14.5. The highest BCUT2D eigenvalue weighted by atomic mass is 19.4. The monoisotopic (exact) mass is 561 g/mol. The van der Waals surface area contributed by atoms with E-state index in [1.165, 1.54) is 29.0 Å². The molecule has 41 heavy (non-hydrogen) atoms. The van der Waals surface area contributed by atoms with Crippen LogP contribution >= 0.6 is 0 Å². The molecule has 0 unspecified atom stereocenters. The van der Waals surface area contributed by atoms with Gasteiger partial charge in [0.15, 0.2) is 5.65 Å². The molecule has 12 heteroatoms. The molecule has 0 bridgehead atoms. The molecular formula is C29H23F4N7O. The smallest absolute Gasteiger partial charge is 0.336 e. The molecule has 1 aliphatic rings. The van der Waals surface area contributed by atoms with E-state index in [1.54, 1.807) is 29.3 Å². The first-order valence-electron chi connectivity index (χ1n) is 12.8. The number of nitrogens with zero attached hydrogens (tertiary/aromatic N) is 7. The first kappa shape index (κ1) is 26.5. The lowest BCUT2D eigenvalue weighted by Crippen LogP contribution is -2.48. The molecule has 1 aliphatic heterocycles. The molecule has 0 radical (unpaired) electrons. The Balaban J connectivity index is 1.20. The average molecular weight is 562 g/mol. The van der Waals surface area contributed by atoms with E-state index in [0.29, 0.717) is 43.1 Å². The second-order valence-electron chi connectivity index (χ2n) is 9.72. The number of aromatic nitrogens is 5. The van der Waals surface area contributed by atoms with Crippen LogP contribution in [-0.2, 0) is 12.7 Å². The maximum atomic E-state index is 15.3. The third kappa shape index (κ3) is 5.50. The summed E-state index contributed by atoms with van der Waals surface area (Å²) in [5.74, 6) is -1.07. The van der Waals surface area contributed by atoms with Crippen LogP contribution in [0.15, 0.2) is 79.5 Å². The second-order valence-corrected chi connectivity index (χ2v) is 9.72. The molecular weight excluding hydrogens is 538 g/mol. The van der Waals surface area contributed by atoms with E-state index >= 15 is 4.39 Å². The standard InChI is InChI=1S/C29H23F4N7O/c30-24-13-20(3-4-23(24)28(41)39-10-8-38(9-11-39)18-19-2-1-7-34-14-19)26-17-36-27-6-5-25(37-40(26)27)21-12-22(16-35-15-21)29(31,32)33/h1-7,12-17H,8-11,18H2. The molecule has 1 fully saturated rings. The van der Waals surface area contributed by atoms with Crippen molar-refractivity contribution in [2.75, 3.05) is 26.2 Å². The number of fused-ring (bicyclic) bond motifs is 1. The Morgan fingerprint density at radius 3 is 2.44 bits per heavy atom. The summed E-state index contributed by atoms with van der Waals surface area (Å²) in [6.45, 7) is 3.02. The molecule has 0 atom stereocenters. The molecule has 0 aliphatic carbocycles. The molecule has 5 heterocycles. The summed E-state index contributed by atoms with van der Waals surface area (Å²) in [5, 5.41) is 4.44. The molecule has 1 aromatic carbocycles. The Morgan fingerprint density at radius 1 is 0.878 bits per heavy atom. The minimum absolute atomic E-state index is 0.0352. The number of pyridine rings is 2. The average Bonchev–Trinajstić information content (AvgIpc) is 3.41. The van der Waals surface area contributed by atoms with E-state index in [0.717, 1.165) is 24.4 Å². The van der Waals surface area contributed by atoms with Gasteiger partial charge in [-0.15, -0.1) is 0 Å². The van der Waals surface area contributed by atoms with Gasteiger partial charge in [0.2, 0.25) is 0 Å². The summed E-state index contributed by atoms with van der Waals surface area (Å²) in [5.41, 5.74) is 1.84. The van der Waals surface area contributed by atoms with E-state index in [4.69, 9.17) is 0 Å². The minimum Gasteiger partial charge on any atom is -0.336 e. The summed E-state index contributed by atoms with van der Waals surface area (Å²) < 4.78 is 56.2. The summed E-state index contributed by atoms with van der Waals surface area (Å²) >= 11 is 0. The minimum atomic E-state index is -4.54. The zero-order valence-corrected chi connectivity index (χ0v) is 21.6. The maximum absolute atomic E-state index is 15.3. The summed E-state index contributed by atoms with van der Waals surface area (Å²) in [4.78, 5) is 29.1. The van der Waals surface area contributed by atoms with E-state index in [-0.39, 0.29) is 22.7 Å². The zero-order valence-electron chi connectivity index (χ0n) is 21.6. The fraction of sp³-hybridized carbons (Fsp3) is 0.207. The van der Waals surface area contributed by atoms with E-state index in [1.807, 2.05) is 18.3 Å². The second kappa shape index (κ2) is 10.7. The fourth-order valence-corrected chi connectivity index (χ4v) is 4.84. The Morgan fingerprint density at radius 2 is 1.71 bits per heavy atom. The molecule has 5 aromatic rings. The predicted octanol–water partition coefficient (Wildman–Crippen LogP) is 4.97. The molecule has 4 aromatic heterocycles. The Kier molecular flexibility index (Phi) is 6.91. The van der Waals surface area contributed by atoms with Gasteiger partial charge in [0.1, 0.15) is 5.82 Å². The number of imidazole rings is 1. The van der Waals surface area contributed by atoms with Crippen LogP contribution in [0.4, 0.5) is 17.6 Å². The lowest BCUT2D eigenvalue weighted by Gasteiger charge is -2.34. The molecule has 208 valence electrons. The number of amides is 1. The van der Waals surface area contributed by atoms with Crippen LogP contribution < -0.4 is 0 Å². The highest BCUT2D eigenvalue weighted by Gasteiger charge is 2.31. The molecule has 0 saturated carbocycles. The van der Waals surface area contributed by atoms with Gasteiger partial charge in [-0.2, -0.15) is 18.3 Å². The number of hydrogen-bond acceptors (Lipinski definition) is 6. The third-order valence-electron chi connectivity index (χ3n) is 7.01. The van der Waals surface area contributed by atoms with Gasteiger partial charge in [-0.25, -0.2) is 13.9 Å². The molecule has 1 saturated heterocycles. The van der Waals surface area contributed by atoms with Crippen molar-refractivity contribution in [2.45, 2.75) is 12.7 Å². The number of piperazine rings is 1. The molecule has 1 amide bonds. The van der Waals surface area contributed by atoms with Crippen molar-refractivity contribution in [1.82, 2.24) is 34.4 Å². The van der Waals surface area contributed by atoms with Gasteiger partial charge in [0.05, 0.1) is 28.7 Å². The predicted molar refractivity (Wildman–Crippen MR) is 142 cm³/mol. The molecule has 0 N–H and O–H groups in total. The lowest BCUT2D eigenvalue weighted by atomic mass is 10.1. The number of rotatable bonds is 5. The topological polar surface area (TPSA) is 79.5 Å². The van der Waals surface area contributed by atoms with Crippen molar-refractivity contribution >= 4 is 11.6 Å². The van der Waals surface area contributed by atoms with Crippen molar-refractivity contribution in [3.05, 3.63) is 102 Å². The van der Waals surface area contributed by atoms with Gasteiger partial charge >= 0.3 is 6.18 Å². The van der Waals surface area contributed by atoms with Crippen molar-refractivity contribution in [3.63, 3.8) is 0 Å². The number of halogens is 4. The number of benzene rings is 1. The highest BCUT2D eigenvalue weighted by Crippen LogP contribution is 2.31. The van der Waals surface area contributed by atoms with E-state index in [9.17, 15) is 18.0 Å². The van der Waals surface area contributed by atoms with Gasteiger partial charge in [0.25, 0.3) is 5.91 Å². The summed E-state index contributed by atoms with van der Waals surface area (Å²) in [6, 6.07) is 12.3. The highest BCUT2D eigenvalue weighted by molar-refractivity contribution is 5.95. The van der Waals surface area contributed by atoms with E-state index in [2.05, 4.69) is 25.0 Å². The Hall–Kier alpha value is -4.71. The van der Waals surface area contributed by atoms with Crippen LogP contribution in [0.1, 0.15) is 21.5 Å². The Labute approximate surface area is 231 Å². The van der Waals surface area contributed by atoms with Gasteiger partial charge in [-0.1, -0.05) is 12.1 Å². The van der Waals surface area contributed by atoms with E-state index < -0.39 is 17.6 Å². The third-order valence-corrected chi connectivity index (χ3v) is 7.01. The number of hydrogen-bond donors (Lipinski definition) is 0. The number of carbonyl (C=O) groups is 1. The first-order valence-corrected chi connectivity index (χ1v) is 12.8. The fourth-order valence-electron chi connectivity index (χ4n) is 4.84. The quantitative estimate of drug-likeness (QED) is 0.282. The molecule has 8 nitrogen and oxygen atoms in total. The number of carbonyl (C=O) groups excluding carboxylic acids is 1. The lowest BCUT2D eigenvalue weighted by molar-refractivity contribution is -0.137. The van der Waals surface area contributed by atoms with Gasteiger partial charge in [-0.05, 0) is 42.0 Å². The SMILES string of the molecule is O=C(c1ccc(-c2cnc3ccc(-c4cncc(C(F)(F)F)c4)nn23)cc1F)N1CCN(Cc2cccnc2)CC1. The molecule has 0 spiro atoms. The summed E-state index contributed by atoms with van der Waals surface area (Å²) in [6.07, 6.45) is 2.53. The van der Waals surface area contributed by atoms with Crippen molar-refractivity contribution in [1.29, 1.82) is 0 Å². The van der Waals surface area contributed by atoms with Crippen LogP contribution in [0.3, 0.4) is 0 Å². The van der Waals surface area contributed by atoms with Crippen molar-refractivity contribution < 1.29 is 22.4 Å². The Bertz CT molecular complexity index is 1710. The largest absolute Gasteiger partial charge is 0.417 e. The van der Waals surface area contributed by atoms with Crippen LogP contribution in [-0.4, -0.2) is 66.5 Å². The van der Waals surface area contributed by atoms with Gasteiger partial charge in [-0.3, -0.25) is 19.7 Å². The first-order chi connectivity index (χ1) is 19.8. The van der Waals surface area contributed by atoms with Gasteiger partial charge in [0, 0.05) is 68.6 Å². The van der Waals surface area contributed by atoms with Gasteiger partial charge < -0.3 is 4.90 Å². The van der Waals surface area contributed by atoms with Crippen molar-refractivity contribution in [2.24, 2.45) is 0 Å². The summed E-state index contributed by atoms with van der Waals surface area (Å²) in [7, 11) is 0. The number of alkyl halides is 3. The van der Waals surface area contributed by atoms with Crippen LogP contribution in [0.5, 0.6) is 0 Å². The molecule has 6 rings (SSSR count). The van der Waals surface area contributed by atoms with Crippen molar-refractivity contribution in [3.8, 4) is 22.5 Å². The maximum Gasteiger partial charge on any atom is 0.417 e.